The van der Waals surface area contributed by atoms with Gasteiger partial charge in [0.1, 0.15) is 0 Å². The number of fused-ring (bicyclic) bond motifs is 2. The number of carbonyl (C=O) groups excluding carboxylic acids is 3. The maximum atomic E-state index is 11.9. The van der Waals surface area contributed by atoms with Gasteiger partial charge in [-0.25, -0.2) is 9.59 Å². The van der Waals surface area contributed by atoms with Crippen LogP contribution in [0, 0.1) is 5.41 Å². The fourth-order valence-electron chi connectivity index (χ4n) is 2.61. The highest BCUT2D eigenvalue weighted by molar-refractivity contribution is 7.76. The van der Waals surface area contributed by atoms with E-state index in [9.17, 15) is 14.4 Å². The lowest BCUT2D eigenvalue weighted by Gasteiger charge is -2.08. The average molecular weight is 324 g/mol. The minimum absolute atomic E-state index is 0.0447. The van der Waals surface area contributed by atoms with Gasteiger partial charge in [0.05, 0.1) is 16.6 Å². The molecule has 23 heavy (non-hydrogen) atoms. The molecule has 6 nitrogen and oxygen atoms in total. The number of cyclic esters (lactones) is 2. The largest absolute Gasteiger partial charge is 0.386 e. The molecule has 4 rings (SSSR count). The van der Waals surface area contributed by atoms with Gasteiger partial charge >= 0.3 is 11.9 Å². The first-order chi connectivity index (χ1) is 11.0. The van der Waals surface area contributed by atoms with Gasteiger partial charge < -0.3 is 10.1 Å². The molecule has 0 aromatic heterocycles. The molecule has 2 aliphatic heterocycles. The summed E-state index contributed by atoms with van der Waals surface area (Å²) in [5, 5.41) is 10.9. The van der Waals surface area contributed by atoms with Crippen LogP contribution in [-0.4, -0.2) is 22.9 Å². The highest BCUT2D eigenvalue weighted by Crippen LogP contribution is 2.36. The van der Waals surface area contributed by atoms with Crippen LogP contribution in [0.5, 0.6) is 0 Å². The van der Waals surface area contributed by atoms with Gasteiger partial charge in [-0.1, -0.05) is 0 Å². The molecule has 2 aliphatic rings. The predicted molar refractivity (Wildman–Crippen MR) is 85.4 cm³/mol. The van der Waals surface area contributed by atoms with Crippen molar-refractivity contribution in [2.24, 2.45) is 0 Å². The van der Waals surface area contributed by atoms with Crippen molar-refractivity contribution in [1.82, 2.24) is 0 Å². The van der Waals surface area contributed by atoms with Crippen molar-refractivity contribution in [1.29, 1.82) is 5.41 Å². The lowest BCUT2D eigenvalue weighted by molar-refractivity contribution is 0.0443. The van der Waals surface area contributed by atoms with Crippen LogP contribution in [0.1, 0.15) is 36.6 Å². The third-order valence-corrected chi connectivity index (χ3v) is 4.72. The fourth-order valence-corrected chi connectivity index (χ4v) is 3.53. The zero-order valence-electron chi connectivity index (χ0n) is 11.6. The Bertz CT molecular complexity index is 860. The zero-order valence-corrected chi connectivity index (χ0v) is 12.6. The number of benzene rings is 2. The van der Waals surface area contributed by atoms with Crippen LogP contribution in [0.25, 0.3) is 0 Å². The summed E-state index contributed by atoms with van der Waals surface area (Å²) in [6.45, 7) is 0. The Kier molecular flexibility index (Phi) is 2.89. The second-order valence-electron chi connectivity index (χ2n) is 5.15. The number of rotatable bonds is 2. The van der Waals surface area contributed by atoms with Crippen LogP contribution >= 0.6 is 8.58 Å². The minimum atomic E-state index is -0.660. The molecule has 0 radical (unpaired) electrons. The molecule has 7 heteroatoms. The van der Waals surface area contributed by atoms with Crippen molar-refractivity contribution in [2.45, 2.75) is 0 Å². The first-order valence-corrected chi connectivity index (χ1v) is 7.75. The van der Waals surface area contributed by atoms with E-state index in [1.807, 2.05) is 0 Å². The van der Waals surface area contributed by atoms with Crippen molar-refractivity contribution in [3.63, 3.8) is 0 Å². The summed E-state index contributed by atoms with van der Waals surface area (Å²) < 4.78 is 4.55. The number of esters is 2. The second-order valence-corrected chi connectivity index (χ2v) is 6.36. The van der Waals surface area contributed by atoms with E-state index in [1.165, 1.54) is 6.07 Å². The topological polar surface area (TPSA) is 96.3 Å². The van der Waals surface area contributed by atoms with E-state index in [0.717, 1.165) is 0 Å². The molecule has 0 bridgehead atoms. The van der Waals surface area contributed by atoms with Crippen LogP contribution < -0.4 is 5.32 Å². The standard InChI is InChI=1S/C16H9N2O4P/c17-13-9-3-1-8(6-12(9)16(21)23-13)18-7-2-4-10-11(5-7)15(20)22-14(10)19/h1-6,17-18,23H. The number of hydrogen-bond donors (Lipinski definition) is 2. The minimum Gasteiger partial charge on any atom is -0.386 e. The van der Waals surface area contributed by atoms with E-state index in [1.54, 1.807) is 30.3 Å². The number of hydrogen-bond acceptors (Lipinski definition) is 6. The molecular weight excluding hydrogens is 315 g/mol. The molecule has 0 spiro atoms. The summed E-state index contributed by atoms with van der Waals surface area (Å²) in [6.07, 6.45) is 0. The smallest absolute Gasteiger partial charge is 0.346 e. The number of carbonyl (C=O) groups is 3. The summed E-state index contributed by atoms with van der Waals surface area (Å²) in [4.78, 5) is 34.9. The molecular formula is C16H9N2O4P. The fraction of sp³-hybridized carbons (Fsp3) is 0. The number of anilines is 2. The van der Waals surface area contributed by atoms with E-state index in [0.29, 0.717) is 28.0 Å². The molecule has 0 saturated heterocycles. The number of nitrogens with one attached hydrogen (secondary N) is 2. The van der Waals surface area contributed by atoms with Gasteiger partial charge in [-0.2, -0.15) is 0 Å². The van der Waals surface area contributed by atoms with Gasteiger partial charge in [-0.15, -0.1) is 0 Å². The predicted octanol–water partition coefficient (Wildman–Crippen LogP) is 2.90. The quantitative estimate of drug-likeness (QED) is 0.503. The summed E-state index contributed by atoms with van der Waals surface area (Å²) in [5.41, 5.74) is 3.27. The van der Waals surface area contributed by atoms with Gasteiger partial charge in [0.25, 0.3) is 0 Å². The van der Waals surface area contributed by atoms with Crippen LogP contribution in [0.15, 0.2) is 36.4 Å². The van der Waals surface area contributed by atoms with Gasteiger partial charge in [-0.05, 0) is 36.4 Å². The van der Waals surface area contributed by atoms with E-state index in [-0.39, 0.29) is 25.2 Å². The van der Waals surface area contributed by atoms with E-state index in [4.69, 9.17) is 5.41 Å². The molecule has 2 aromatic carbocycles. The summed E-state index contributed by atoms with van der Waals surface area (Å²) in [6, 6.07) is 9.94. The molecule has 0 amide bonds. The Morgan fingerprint density at radius 1 is 0.826 bits per heavy atom. The zero-order chi connectivity index (χ0) is 16.1. The molecule has 2 N–H and O–H groups in total. The van der Waals surface area contributed by atoms with Crippen LogP contribution in [0.4, 0.5) is 11.4 Å². The molecule has 2 heterocycles. The van der Waals surface area contributed by atoms with Crippen LogP contribution in [-0.2, 0) is 4.74 Å². The molecule has 2 aromatic rings. The molecule has 1 unspecified atom stereocenters. The first kappa shape index (κ1) is 13.8. The maximum Gasteiger partial charge on any atom is 0.346 e. The molecule has 112 valence electrons. The Balaban J connectivity index is 1.68. The van der Waals surface area contributed by atoms with Crippen molar-refractivity contribution in [3.8, 4) is 0 Å². The second kappa shape index (κ2) is 4.83. The van der Waals surface area contributed by atoms with Crippen molar-refractivity contribution in [2.75, 3.05) is 5.32 Å². The van der Waals surface area contributed by atoms with Crippen molar-refractivity contribution >= 4 is 42.9 Å². The third-order valence-electron chi connectivity index (χ3n) is 3.71. The Morgan fingerprint density at radius 2 is 1.43 bits per heavy atom. The SMILES string of the molecule is N=C1PC(=O)c2cc(Nc3ccc4c(c3)C(=O)OC4=O)ccc21. The summed E-state index contributed by atoms with van der Waals surface area (Å²) >= 11 is 0. The lowest BCUT2D eigenvalue weighted by Crippen LogP contribution is -1.98. The van der Waals surface area contributed by atoms with Gasteiger partial charge in [0.15, 0.2) is 5.52 Å². The van der Waals surface area contributed by atoms with E-state index in [2.05, 4.69) is 10.1 Å². The van der Waals surface area contributed by atoms with Gasteiger partial charge in [0.2, 0.25) is 0 Å². The van der Waals surface area contributed by atoms with Crippen molar-refractivity contribution < 1.29 is 19.1 Å². The Hall–Kier alpha value is -2.85. The van der Waals surface area contributed by atoms with Gasteiger partial charge in [0, 0.05) is 31.1 Å². The summed E-state index contributed by atoms with van der Waals surface area (Å²) in [5.74, 6) is -1.30. The third kappa shape index (κ3) is 2.15. The summed E-state index contributed by atoms with van der Waals surface area (Å²) in [7, 11) is -0.126. The van der Waals surface area contributed by atoms with E-state index >= 15 is 0 Å². The monoisotopic (exact) mass is 324 g/mol. The maximum absolute atomic E-state index is 11.9. The number of ether oxygens (including phenoxy) is 1. The van der Waals surface area contributed by atoms with Crippen LogP contribution in [0.2, 0.25) is 0 Å². The highest BCUT2D eigenvalue weighted by Gasteiger charge is 2.29. The molecule has 0 aliphatic carbocycles. The first-order valence-electron chi connectivity index (χ1n) is 6.75. The lowest BCUT2D eigenvalue weighted by atomic mass is 10.1. The molecule has 0 saturated carbocycles. The normalized spacial score (nSPS) is 16.5. The average Bonchev–Trinajstić information content (AvgIpc) is 2.96. The Morgan fingerprint density at radius 3 is 2.17 bits per heavy atom. The molecule has 0 fully saturated rings. The van der Waals surface area contributed by atoms with Crippen LogP contribution in [0.3, 0.4) is 0 Å². The highest BCUT2D eigenvalue weighted by atomic mass is 31.1. The van der Waals surface area contributed by atoms with E-state index < -0.39 is 11.9 Å². The van der Waals surface area contributed by atoms with Crippen molar-refractivity contribution in [3.05, 3.63) is 58.7 Å². The Labute approximate surface area is 132 Å². The molecule has 1 atom stereocenters. The van der Waals surface area contributed by atoms with Gasteiger partial charge in [-0.3, -0.25) is 10.2 Å².